The number of H-pyrrole nitrogens is 1. The number of benzene rings is 1. The first kappa shape index (κ1) is 26.3. The van der Waals surface area contributed by atoms with Crippen LogP contribution in [0.25, 0.3) is 10.9 Å². The molecule has 0 unspecified atom stereocenters. The molecule has 3 fully saturated rings. The molecule has 0 bridgehead atoms. The van der Waals surface area contributed by atoms with Crippen LogP contribution in [-0.2, 0) is 27.8 Å². The molecule has 206 valence electrons. The molecule has 1 saturated heterocycles. The molecule has 6 rings (SSSR count). The van der Waals surface area contributed by atoms with Gasteiger partial charge in [0.1, 0.15) is 18.0 Å². The lowest BCUT2D eigenvalue weighted by Crippen LogP contribution is -2.71. The molecule has 5 heteroatoms. The van der Waals surface area contributed by atoms with Crippen molar-refractivity contribution in [1.29, 1.82) is 0 Å². The van der Waals surface area contributed by atoms with Crippen LogP contribution in [0, 0.1) is 16.7 Å². The Morgan fingerprint density at radius 2 is 1.84 bits per heavy atom. The van der Waals surface area contributed by atoms with Crippen molar-refractivity contribution in [3.05, 3.63) is 46.2 Å². The average molecular weight is 520 g/mol. The van der Waals surface area contributed by atoms with E-state index < -0.39 is 22.5 Å². The fourth-order valence-corrected chi connectivity index (χ4v) is 9.04. The van der Waals surface area contributed by atoms with Crippen molar-refractivity contribution in [2.75, 3.05) is 0 Å². The van der Waals surface area contributed by atoms with Crippen LogP contribution in [0.2, 0.25) is 0 Å². The van der Waals surface area contributed by atoms with Gasteiger partial charge in [0.25, 0.3) is 0 Å². The quantitative estimate of drug-likeness (QED) is 0.330. The van der Waals surface area contributed by atoms with Crippen molar-refractivity contribution in [3.8, 4) is 0 Å². The van der Waals surface area contributed by atoms with Crippen LogP contribution < -0.4 is 0 Å². The zero-order valence-corrected chi connectivity index (χ0v) is 24.4. The molecule has 38 heavy (non-hydrogen) atoms. The van der Waals surface area contributed by atoms with Gasteiger partial charge in [-0.25, -0.2) is 0 Å². The summed E-state index contributed by atoms with van der Waals surface area (Å²) in [7, 11) is 0. The standard InChI is InChI=1S/C33H45NO4/c1-18(2)9-10-20-21(26(36)28-30(5,6)38-28)11-12-23-25(20)22-17-19-13-16-33(37)29(3,4)24(35)14-15-31(33,7)32(19,8)27(22)34-23/h9,11-12,19,26,28,34,36-37H,10,13-17H2,1-8H3/t19-,26-,28+,31+,32+,33+/m0/s1. The maximum absolute atomic E-state index is 13.1. The molecule has 2 heterocycles. The minimum absolute atomic E-state index is 0.183. The Balaban J connectivity index is 1.55. The number of ketones is 1. The Kier molecular flexibility index (Phi) is 5.41. The zero-order chi connectivity index (χ0) is 27.6. The van der Waals surface area contributed by atoms with E-state index in [0.29, 0.717) is 25.2 Å². The second kappa shape index (κ2) is 7.83. The van der Waals surface area contributed by atoms with Crippen molar-refractivity contribution >= 4 is 16.7 Å². The molecule has 0 radical (unpaired) electrons. The van der Waals surface area contributed by atoms with Gasteiger partial charge < -0.3 is 19.9 Å². The summed E-state index contributed by atoms with van der Waals surface area (Å²) in [5.41, 5.74) is 4.22. The van der Waals surface area contributed by atoms with Crippen LogP contribution in [0.3, 0.4) is 0 Å². The Hall–Kier alpha value is -1.95. The van der Waals surface area contributed by atoms with Crippen molar-refractivity contribution < 1.29 is 19.7 Å². The van der Waals surface area contributed by atoms with E-state index in [0.717, 1.165) is 30.3 Å². The molecule has 0 amide bonds. The number of fused-ring (bicyclic) bond motifs is 7. The Bertz CT molecular complexity index is 1380. The summed E-state index contributed by atoms with van der Waals surface area (Å²) in [4.78, 5) is 16.9. The first-order valence-electron chi connectivity index (χ1n) is 14.5. The van der Waals surface area contributed by atoms with Gasteiger partial charge in [0.2, 0.25) is 0 Å². The Labute approximate surface area is 227 Å². The molecule has 3 aliphatic carbocycles. The van der Waals surface area contributed by atoms with E-state index in [-0.39, 0.29) is 22.9 Å². The first-order valence-corrected chi connectivity index (χ1v) is 14.5. The predicted octanol–water partition coefficient (Wildman–Crippen LogP) is 6.24. The lowest BCUT2D eigenvalue weighted by Gasteiger charge is -2.66. The molecule has 5 nitrogen and oxygen atoms in total. The SMILES string of the molecule is CC(C)=CCc1c([C@H](O)[C@H]2OC2(C)C)ccc2[nH]c3c(c12)C[C@@H]1CC[C@@]2(O)C(C)(C)C(=O)CC[C@]2(C)[C@@]31C. The fourth-order valence-electron chi connectivity index (χ4n) is 9.04. The van der Waals surface area contributed by atoms with Gasteiger partial charge in [0, 0.05) is 33.8 Å². The maximum Gasteiger partial charge on any atom is 0.141 e. The van der Waals surface area contributed by atoms with Crippen molar-refractivity contribution in [2.45, 2.75) is 123 Å². The molecular formula is C33H45NO4. The number of Topliss-reactive ketones (excluding diaryl/α,β-unsaturated/α-hetero) is 1. The van der Waals surface area contributed by atoms with E-state index >= 15 is 0 Å². The highest BCUT2D eigenvalue weighted by molar-refractivity contribution is 5.91. The van der Waals surface area contributed by atoms with Crippen LogP contribution >= 0.6 is 0 Å². The molecule has 3 N–H and O–H groups in total. The molecule has 1 aromatic carbocycles. The molecule has 2 saturated carbocycles. The zero-order valence-electron chi connectivity index (χ0n) is 24.4. The third-order valence-corrected chi connectivity index (χ3v) is 11.9. The van der Waals surface area contributed by atoms with Gasteiger partial charge >= 0.3 is 0 Å². The Morgan fingerprint density at radius 3 is 2.47 bits per heavy atom. The number of allylic oxidation sites excluding steroid dienone is 2. The lowest BCUT2D eigenvalue weighted by atomic mass is 9.39. The molecule has 0 spiro atoms. The minimum Gasteiger partial charge on any atom is -0.388 e. The van der Waals surface area contributed by atoms with Crippen LogP contribution in [0.5, 0.6) is 0 Å². The van der Waals surface area contributed by atoms with E-state index in [2.05, 4.69) is 50.9 Å². The number of carbonyl (C=O) groups is 1. The van der Waals surface area contributed by atoms with Gasteiger partial charge in [0.15, 0.2) is 0 Å². The van der Waals surface area contributed by atoms with Crippen molar-refractivity contribution in [1.82, 2.24) is 4.98 Å². The number of rotatable bonds is 4. The average Bonchev–Trinajstić information content (AvgIpc) is 3.18. The summed E-state index contributed by atoms with van der Waals surface area (Å²) in [5, 5.41) is 25.1. The smallest absolute Gasteiger partial charge is 0.141 e. The molecule has 2 aromatic rings. The normalized spacial score (nSPS) is 37.4. The highest BCUT2D eigenvalue weighted by Gasteiger charge is 2.72. The van der Waals surface area contributed by atoms with Crippen molar-refractivity contribution in [2.24, 2.45) is 16.7 Å². The summed E-state index contributed by atoms with van der Waals surface area (Å²) in [6.07, 6.45) is 5.88. The number of aromatic nitrogens is 1. The van der Waals surface area contributed by atoms with Gasteiger partial charge in [-0.3, -0.25) is 4.79 Å². The van der Waals surface area contributed by atoms with Gasteiger partial charge in [-0.15, -0.1) is 0 Å². The number of nitrogens with one attached hydrogen (secondary N) is 1. The lowest BCUT2D eigenvalue weighted by molar-refractivity contribution is -0.233. The number of aromatic amines is 1. The van der Waals surface area contributed by atoms with E-state index in [9.17, 15) is 15.0 Å². The second-order valence-corrected chi connectivity index (χ2v) is 14.5. The van der Waals surface area contributed by atoms with E-state index in [1.807, 2.05) is 27.7 Å². The molecule has 6 atom stereocenters. The maximum atomic E-state index is 13.1. The van der Waals surface area contributed by atoms with E-state index in [1.165, 1.54) is 27.8 Å². The second-order valence-electron chi connectivity index (χ2n) is 14.5. The number of epoxide rings is 1. The summed E-state index contributed by atoms with van der Waals surface area (Å²) >= 11 is 0. The molecule has 4 aliphatic rings. The molecule has 1 aromatic heterocycles. The van der Waals surface area contributed by atoms with Gasteiger partial charge in [-0.2, -0.15) is 0 Å². The number of carbonyl (C=O) groups excluding carboxylic acids is 1. The minimum atomic E-state index is -1.05. The van der Waals surface area contributed by atoms with E-state index in [4.69, 9.17) is 4.74 Å². The number of aliphatic hydroxyl groups excluding tert-OH is 1. The van der Waals surface area contributed by atoms with Gasteiger partial charge in [-0.1, -0.05) is 45.4 Å². The number of hydrogen-bond donors (Lipinski definition) is 3. The number of hydrogen-bond acceptors (Lipinski definition) is 4. The summed E-state index contributed by atoms with van der Waals surface area (Å²) in [6, 6.07) is 4.20. The number of ether oxygens (including phenoxy) is 1. The summed E-state index contributed by atoms with van der Waals surface area (Å²) in [5.74, 6) is 0.584. The summed E-state index contributed by atoms with van der Waals surface area (Å²) < 4.78 is 5.86. The van der Waals surface area contributed by atoms with Crippen LogP contribution in [0.4, 0.5) is 0 Å². The van der Waals surface area contributed by atoms with Gasteiger partial charge in [-0.05, 0) is 88.5 Å². The van der Waals surface area contributed by atoms with Crippen LogP contribution in [0.15, 0.2) is 23.8 Å². The summed E-state index contributed by atoms with van der Waals surface area (Å²) in [6.45, 7) is 16.8. The van der Waals surface area contributed by atoms with Gasteiger partial charge in [0.05, 0.1) is 16.6 Å². The topological polar surface area (TPSA) is 85.8 Å². The largest absolute Gasteiger partial charge is 0.388 e. The molecular weight excluding hydrogens is 474 g/mol. The fraction of sp³-hybridized carbons (Fsp3) is 0.667. The first-order chi connectivity index (χ1) is 17.6. The highest BCUT2D eigenvalue weighted by atomic mass is 16.6. The third-order valence-electron chi connectivity index (χ3n) is 11.9. The van der Waals surface area contributed by atoms with Crippen LogP contribution in [0.1, 0.15) is 110 Å². The highest BCUT2D eigenvalue weighted by Crippen LogP contribution is 2.70. The van der Waals surface area contributed by atoms with Crippen LogP contribution in [-0.4, -0.2) is 38.3 Å². The van der Waals surface area contributed by atoms with E-state index in [1.54, 1.807) is 0 Å². The number of aliphatic hydroxyl groups is 2. The van der Waals surface area contributed by atoms with Crippen molar-refractivity contribution in [3.63, 3.8) is 0 Å². The monoisotopic (exact) mass is 519 g/mol. The predicted molar refractivity (Wildman–Crippen MR) is 150 cm³/mol. The third kappa shape index (κ3) is 3.07. The Morgan fingerprint density at radius 1 is 1.16 bits per heavy atom. The molecule has 1 aliphatic heterocycles.